The van der Waals surface area contributed by atoms with Crippen molar-refractivity contribution in [3.8, 4) is 0 Å². The Morgan fingerprint density at radius 3 is 3.00 bits per heavy atom. The van der Waals surface area contributed by atoms with Crippen LogP contribution in [0.5, 0.6) is 0 Å². The van der Waals surface area contributed by atoms with Gasteiger partial charge in [0, 0.05) is 35.8 Å². The molecule has 5 nitrogen and oxygen atoms in total. The smallest absolute Gasteiger partial charge is 0.254 e. The summed E-state index contributed by atoms with van der Waals surface area (Å²) < 4.78 is 19.2. The van der Waals surface area contributed by atoms with E-state index < -0.39 is 5.82 Å². The van der Waals surface area contributed by atoms with Crippen molar-refractivity contribution in [3.63, 3.8) is 0 Å². The highest BCUT2D eigenvalue weighted by Crippen LogP contribution is 2.26. The van der Waals surface area contributed by atoms with Crippen LogP contribution in [0.4, 0.5) is 10.1 Å². The molecule has 1 aromatic heterocycles. The molecule has 26 heavy (non-hydrogen) atoms. The standard InChI is InChI=1S/C19H19FN2O3S/c20-15-7-14(8-16(9-15)21-18(23)13-2-5-25-11-13)19(24)22-4-1-17-12(10-22)3-6-26-17/h3,6-9,13H,1-2,4-5,10-11H2,(H,21,23). The van der Waals surface area contributed by atoms with Crippen molar-refractivity contribution in [2.24, 2.45) is 5.92 Å². The number of nitrogens with one attached hydrogen (secondary N) is 1. The van der Waals surface area contributed by atoms with E-state index in [1.165, 1.54) is 17.0 Å². The van der Waals surface area contributed by atoms with Crippen LogP contribution in [0.15, 0.2) is 29.6 Å². The van der Waals surface area contributed by atoms with Crippen molar-refractivity contribution in [1.82, 2.24) is 4.90 Å². The fraction of sp³-hybridized carbons (Fsp3) is 0.368. The van der Waals surface area contributed by atoms with Crippen LogP contribution in [0.2, 0.25) is 0 Å². The van der Waals surface area contributed by atoms with E-state index in [9.17, 15) is 14.0 Å². The number of fused-ring (bicyclic) bond motifs is 1. The fourth-order valence-corrected chi connectivity index (χ4v) is 4.26. The predicted octanol–water partition coefficient (Wildman–Crippen LogP) is 3.06. The fourth-order valence-electron chi connectivity index (χ4n) is 3.38. The molecule has 1 aromatic carbocycles. The Labute approximate surface area is 154 Å². The SMILES string of the molecule is O=C(Nc1cc(F)cc(C(=O)N2CCc3sccc3C2)c1)C1CCOC1. The van der Waals surface area contributed by atoms with Gasteiger partial charge in [0.2, 0.25) is 5.91 Å². The van der Waals surface area contributed by atoms with Crippen molar-refractivity contribution in [2.75, 3.05) is 25.1 Å². The molecule has 4 rings (SSSR count). The summed E-state index contributed by atoms with van der Waals surface area (Å²) >= 11 is 1.70. The van der Waals surface area contributed by atoms with E-state index in [4.69, 9.17) is 4.74 Å². The van der Waals surface area contributed by atoms with Crippen LogP contribution in [0.3, 0.4) is 0 Å². The number of nitrogens with zero attached hydrogens (tertiary/aromatic N) is 1. The zero-order valence-electron chi connectivity index (χ0n) is 14.2. The van der Waals surface area contributed by atoms with Gasteiger partial charge in [0.1, 0.15) is 5.82 Å². The Balaban J connectivity index is 1.50. The third-order valence-electron chi connectivity index (χ3n) is 4.81. The third kappa shape index (κ3) is 3.50. The molecule has 7 heteroatoms. The summed E-state index contributed by atoms with van der Waals surface area (Å²) in [6, 6.07) is 6.03. The van der Waals surface area contributed by atoms with E-state index in [-0.39, 0.29) is 23.3 Å². The van der Waals surface area contributed by atoms with Gasteiger partial charge in [-0.25, -0.2) is 4.39 Å². The molecule has 0 radical (unpaired) electrons. The molecule has 0 spiro atoms. The van der Waals surface area contributed by atoms with Crippen LogP contribution in [0, 0.1) is 11.7 Å². The molecule has 2 aromatic rings. The van der Waals surface area contributed by atoms with E-state index in [0.717, 1.165) is 12.0 Å². The van der Waals surface area contributed by atoms with Gasteiger partial charge in [-0.05, 0) is 48.1 Å². The van der Waals surface area contributed by atoms with E-state index in [2.05, 4.69) is 5.32 Å². The minimum Gasteiger partial charge on any atom is -0.381 e. The normalized spacial score (nSPS) is 19.3. The highest BCUT2D eigenvalue weighted by molar-refractivity contribution is 7.10. The lowest BCUT2D eigenvalue weighted by atomic mass is 10.1. The molecule has 0 aliphatic carbocycles. The Morgan fingerprint density at radius 1 is 1.31 bits per heavy atom. The molecular weight excluding hydrogens is 355 g/mol. The summed E-state index contributed by atoms with van der Waals surface area (Å²) in [5.41, 5.74) is 1.71. The van der Waals surface area contributed by atoms with Crippen molar-refractivity contribution in [1.29, 1.82) is 0 Å². The summed E-state index contributed by atoms with van der Waals surface area (Å²) in [7, 11) is 0. The molecule has 3 heterocycles. The van der Waals surface area contributed by atoms with E-state index >= 15 is 0 Å². The lowest BCUT2D eigenvalue weighted by Gasteiger charge is -2.27. The van der Waals surface area contributed by atoms with Crippen LogP contribution in [-0.2, 0) is 22.5 Å². The molecule has 0 bridgehead atoms. The number of anilines is 1. The second kappa shape index (κ2) is 7.17. The molecule has 0 saturated carbocycles. The molecule has 1 fully saturated rings. The minimum absolute atomic E-state index is 0.201. The molecule has 1 saturated heterocycles. The number of carbonyl (C=O) groups is 2. The Bertz CT molecular complexity index is 845. The lowest BCUT2D eigenvalue weighted by Crippen LogP contribution is -2.35. The third-order valence-corrected chi connectivity index (χ3v) is 5.83. The first-order valence-electron chi connectivity index (χ1n) is 8.64. The number of amides is 2. The van der Waals surface area contributed by atoms with Crippen molar-refractivity contribution >= 4 is 28.8 Å². The molecule has 2 amide bonds. The van der Waals surface area contributed by atoms with Crippen molar-refractivity contribution in [2.45, 2.75) is 19.4 Å². The second-order valence-electron chi connectivity index (χ2n) is 6.62. The van der Waals surface area contributed by atoms with Crippen LogP contribution >= 0.6 is 11.3 Å². The van der Waals surface area contributed by atoms with E-state index in [1.807, 2.05) is 11.4 Å². The van der Waals surface area contributed by atoms with E-state index in [0.29, 0.717) is 38.4 Å². The predicted molar refractivity (Wildman–Crippen MR) is 96.7 cm³/mol. The highest BCUT2D eigenvalue weighted by Gasteiger charge is 2.25. The highest BCUT2D eigenvalue weighted by atomic mass is 32.1. The van der Waals surface area contributed by atoms with Gasteiger partial charge in [0.05, 0.1) is 12.5 Å². The van der Waals surface area contributed by atoms with Gasteiger partial charge in [-0.1, -0.05) is 0 Å². The topological polar surface area (TPSA) is 58.6 Å². The van der Waals surface area contributed by atoms with E-state index in [1.54, 1.807) is 22.3 Å². The minimum atomic E-state index is -0.540. The summed E-state index contributed by atoms with van der Waals surface area (Å²) in [6.07, 6.45) is 1.48. The number of rotatable bonds is 3. The largest absolute Gasteiger partial charge is 0.381 e. The van der Waals surface area contributed by atoms with Gasteiger partial charge < -0.3 is 15.0 Å². The van der Waals surface area contributed by atoms with Gasteiger partial charge in [-0.15, -0.1) is 11.3 Å². The molecule has 2 aliphatic heterocycles. The molecular formula is C19H19FN2O3S. The first-order valence-corrected chi connectivity index (χ1v) is 9.52. The van der Waals surface area contributed by atoms with Crippen LogP contribution < -0.4 is 5.32 Å². The monoisotopic (exact) mass is 374 g/mol. The maximum Gasteiger partial charge on any atom is 0.254 e. The number of thiophene rings is 1. The van der Waals surface area contributed by atoms with Crippen LogP contribution in [0.1, 0.15) is 27.2 Å². The van der Waals surface area contributed by atoms with Gasteiger partial charge in [-0.2, -0.15) is 0 Å². The number of benzene rings is 1. The first-order chi connectivity index (χ1) is 12.6. The van der Waals surface area contributed by atoms with Gasteiger partial charge in [0.15, 0.2) is 0 Å². The Hall–Kier alpha value is -2.25. The Kier molecular flexibility index (Phi) is 4.74. The van der Waals surface area contributed by atoms with Crippen molar-refractivity contribution in [3.05, 3.63) is 51.5 Å². The summed E-state index contributed by atoms with van der Waals surface area (Å²) in [6.45, 7) is 2.09. The Morgan fingerprint density at radius 2 is 2.19 bits per heavy atom. The van der Waals surface area contributed by atoms with Gasteiger partial charge in [0.25, 0.3) is 5.91 Å². The zero-order valence-corrected chi connectivity index (χ0v) is 15.0. The zero-order chi connectivity index (χ0) is 18.1. The average molecular weight is 374 g/mol. The maximum absolute atomic E-state index is 14.0. The molecule has 1 N–H and O–H groups in total. The molecule has 2 aliphatic rings. The average Bonchev–Trinajstić information content (AvgIpc) is 3.31. The van der Waals surface area contributed by atoms with Crippen molar-refractivity contribution < 1.29 is 18.7 Å². The number of ether oxygens (including phenoxy) is 1. The first kappa shape index (κ1) is 17.2. The van der Waals surface area contributed by atoms with Gasteiger partial charge in [-0.3, -0.25) is 9.59 Å². The van der Waals surface area contributed by atoms with Gasteiger partial charge >= 0.3 is 0 Å². The quantitative estimate of drug-likeness (QED) is 0.898. The molecule has 1 unspecified atom stereocenters. The number of hydrogen-bond donors (Lipinski definition) is 1. The number of halogens is 1. The number of hydrogen-bond acceptors (Lipinski definition) is 4. The lowest BCUT2D eigenvalue weighted by molar-refractivity contribution is -0.119. The molecule has 136 valence electrons. The summed E-state index contributed by atoms with van der Waals surface area (Å²) in [5.74, 6) is -1.19. The molecule has 1 atom stereocenters. The number of carbonyl (C=O) groups excluding carboxylic acids is 2. The second-order valence-corrected chi connectivity index (χ2v) is 7.62. The maximum atomic E-state index is 14.0. The summed E-state index contributed by atoms with van der Waals surface area (Å²) in [4.78, 5) is 28.0. The van der Waals surface area contributed by atoms with Crippen LogP contribution in [0.25, 0.3) is 0 Å². The summed E-state index contributed by atoms with van der Waals surface area (Å²) in [5, 5.41) is 4.74. The van der Waals surface area contributed by atoms with Crippen LogP contribution in [-0.4, -0.2) is 36.5 Å².